The lowest BCUT2D eigenvalue weighted by atomic mass is 10.0. The Labute approximate surface area is 169 Å². The first kappa shape index (κ1) is 20.3. The van der Waals surface area contributed by atoms with Gasteiger partial charge in [-0.25, -0.2) is 4.39 Å². The molecule has 0 aromatic heterocycles. The summed E-state index contributed by atoms with van der Waals surface area (Å²) < 4.78 is 13.0. The third-order valence-electron chi connectivity index (χ3n) is 4.59. The van der Waals surface area contributed by atoms with Crippen molar-refractivity contribution in [3.05, 3.63) is 101 Å². The minimum absolute atomic E-state index is 0.276. The summed E-state index contributed by atoms with van der Waals surface area (Å²) in [6, 6.07) is 20.2. The van der Waals surface area contributed by atoms with Crippen molar-refractivity contribution in [3.8, 4) is 0 Å². The molecule has 0 saturated carbocycles. The topological polar surface area (TPSA) is 58.2 Å². The van der Waals surface area contributed by atoms with Crippen LogP contribution < -0.4 is 10.6 Å². The second-order valence-corrected chi connectivity index (χ2v) is 7.12. The molecule has 0 atom stereocenters. The number of amides is 2. The number of anilines is 1. The summed E-state index contributed by atoms with van der Waals surface area (Å²) in [6.07, 6.45) is 0. The van der Waals surface area contributed by atoms with Crippen LogP contribution in [-0.2, 0) is 6.54 Å². The van der Waals surface area contributed by atoms with Crippen LogP contribution in [0.25, 0.3) is 0 Å². The molecule has 0 heterocycles. The molecular weight excluding hydrogens is 367 g/mol. The van der Waals surface area contributed by atoms with E-state index in [0.29, 0.717) is 22.7 Å². The average molecular weight is 390 g/mol. The van der Waals surface area contributed by atoms with Crippen LogP contribution >= 0.6 is 0 Å². The quantitative estimate of drug-likeness (QED) is 0.613. The van der Waals surface area contributed by atoms with Crippen LogP contribution in [0.3, 0.4) is 0 Å². The normalized spacial score (nSPS) is 10.6. The molecule has 0 radical (unpaired) electrons. The van der Waals surface area contributed by atoms with Crippen LogP contribution in [0.5, 0.6) is 0 Å². The van der Waals surface area contributed by atoms with E-state index >= 15 is 0 Å². The maximum Gasteiger partial charge on any atom is 0.255 e. The summed E-state index contributed by atoms with van der Waals surface area (Å²) in [5.74, 6) is -0.483. The Kier molecular flexibility index (Phi) is 6.39. The van der Waals surface area contributed by atoms with E-state index in [0.717, 1.165) is 5.56 Å². The van der Waals surface area contributed by atoms with E-state index in [4.69, 9.17) is 0 Å². The Balaban J connectivity index is 1.63. The highest BCUT2D eigenvalue weighted by atomic mass is 19.1. The molecule has 3 rings (SSSR count). The molecule has 0 aliphatic heterocycles. The highest BCUT2D eigenvalue weighted by Crippen LogP contribution is 2.18. The van der Waals surface area contributed by atoms with Gasteiger partial charge in [-0.3, -0.25) is 9.59 Å². The molecule has 0 aliphatic carbocycles. The van der Waals surface area contributed by atoms with E-state index in [1.807, 2.05) is 24.3 Å². The number of benzene rings is 3. The maximum atomic E-state index is 13.0. The molecule has 0 aliphatic rings. The van der Waals surface area contributed by atoms with Crippen molar-refractivity contribution in [3.63, 3.8) is 0 Å². The lowest BCUT2D eigenvalue weighted by Crippen LogP contribution is -2.23. The lowest BCUT2D eigenvalue weighted by Gasteiger charge is -2.10. The van der Waals surface area contributed by atoms with Gasteiger partial charge < -0.3 is 10.6 Å². The zero-order chi connectivity index (χ0) is 20.8. The zero-order valence-corrected chi connectivity index (χ0v) is 16.4. The number of rotatable bonds is 6. The first-order valence-electron chi connectivity index (χ1n) is 9.46. The smallest absolute Gasteiger partial charge is 0.255 e. The van der Waals surface area contributed by atoms with E-state index in [9.17, 15) is 14.0 Å². The maximum absolute atomic E-state index is 13.0. The monoisotopic (exact) mass is 390 g/mol. The Morgan fingerprint density at radius 2 is 1.48 bits per heavy atom. The van der Waals surface area contributed by atoms with Crippen molar-refractivity contribution in [2.45, 2.75) is 26.3 Å². The third-order valence-corrected chi connectivity index (χ3v) is 4.59. The molecule has 4 nitrogen and oxygen atoms in total. The largest absolute Gasteiger partial charge is 0.348 e. The molecule has 3 aromatic rings. The number of hydrogen-bond acceptors (Lipinski definition) is 2. The van der Waals surface area contributed by atoms with Gasteiger partial charge in [0.2, 0.25) is 0 Å². The highest BCUT2D eigenvalue weighted by molar-refractivity contribution is 6.06. The minimum atomic E-state index is -0.322. The minimum Gasteiger partial charge on any atom is -0.348 e. The average Bonchev–Trinajstić information content (AvgIpc) is 2.73. The van der Waals surface area contributed by atoms with E-state index < -0.39 is 0 Å². The van der Waals surface area contributed by atoms with E-state index in [-0.39, 0.29) is 24.2 Å². The summed E-state index contributed by atoms with van der Waals surface area (Å²) in [7, 11) is 0. The first-order valence-corrected chi connectivity index (χ1v) is 9.46. The van der Waals surface area contributed by atoms with Crippen molar-refractivity contribution in [1.29, 1.82) is 0 Å². The van der Waals surface area contributed by atoms with E-state index in [1.165, 1.54) is 17.7 Å². The number of nitrogens with one attached hydrogen (secondary N) is 2. The first-order chi connectivity index (χ1) is 13.9. The molecule has 0 bridgehead atoms. The third kappa shape index (κ3) is 5.51. The van der Waals surface area contributed by atoms with Gasteiger partial charge in [0.25, 0.3) is 11.8 Å². The zero-order valence-electron chi connectivity index (χ0n) is 16.4. The van der Waals surface area contributed by atoms with Gasteiger partial charge in [0.05, 0.1) is 0 Å². The Morgan fingerprint density at radius 3 is 2.10 bits per heavy atom. The van der Waals surface area contributed by atoms with Gasteiger partial charge in [0, 0.05) is 23.4 Å². The van der Waals surface area contributed by atoms with Crippen LogP contribution in [0, 0.1) is 5.82 Å². The van der Waals surface area contributed by atoms with Crippen molar-refractivity contribution >= 4 is 17.5 Å². The molecule has 2 amide bonds. The van der Waals surface area contributed by atoms with Crippen LogP contribution in [0.15, 0.2) is 72.8 Å². The molecule has 0 spiro atoms. The molecule has 0 unspecified atom stereocenters. The standard InChI is InChI=1S/C24H23FN2O2/c1-16(2)18-8-12-22(13-9-18)27-24(29)20-5-3-4-19(14-20)23(28)26-15-17-6-10-21(25)11-7-17/h3-14,16H,15H2,1-2H3,(H,26,28)(H,27,29). The van der Waals surface area contributed by atoms with Gasteiger partial charge in [-0.2, -0.15) is 0 Å². The molecular formula is C24H23FN2O2. The highest BCUT2D eigenvalue weighted by Gasteiger charge is 2.11. The molecule has 2 N–H and O–H groups in total. The molecule has 0 saturated heterocycles. The Bertz CT molecular complexity index is 996. The molecule has 29 heavy (non-hydrogen) atoms. The summed E-state index contributed by atoms with van der Waals surface area (Å²) in [6.45, 7) is 4.50. The van der Waals surface area contributed by atoms with Gasteiger partial charge in [-0.1, -0.05) is 44.2 Å². The van der Waals surface area contributed by atoms with Crippen molar-refractivity contribution < 1.29 is 14.0 Å². The van der Waals surface area contributed by atoms with Gasteiger partial charge in [-0.05, 0) is 59.5 Å². The van der Waals surface area contributed by atoms with Gasteiger partial charge in [0.1, 0.15) is 5.82 Å². The Hall–Kier alpha value is -3.47. The fourth-order valence-corrected chi connectivity index (χ4v) is 2.84. The molecule has 3 aromatic carbocycles. The van der Waals surface area contributed by atoms with E-state index in [1.54, 1.807) is 36.4 Å². The summed E-state index contributed by atoms with van der Waals surface area (Å²) in [4.78, 5) is 24.9. The number of carbonyl (C=O) groups is 2. The Morgan fingerprint density at radius 1 is 0.862 bits per heavy atom. The number of carbonyl (C=O) groups excluding carboxylic acids is 2. The SMILES string of the molecule is CC(C)c1ccc(NC(=O)c2cccc(C(=O)NCc3ccc(F)cc3)c2)cc1. The van der Waals surface area contributed by atoms with Crippen molar-refractivity contribution in [2.75, 3.05) is 5.32 Å². The van der Waals surface area contributed by atoms with Gasteiger partial charge in [-0.15, -0.1) is 0 Å². The second-order valence-electron chi connectivity index (χ2n) is 7.12. The van der Waals surface area contributed by atoms with Crippen LogP contribution in [0.2, 0.25) is 0 Å². The predicted octanol–water partition coefficient (Wildman–Crippen LogP) is 5.13. The van der Waals surface area contributed by atoms with Crippen LogP contribution in [0.4, 0.5) is 10.1 Å². The van der Waals surface area contributed by atoms with E-state index in [2.05, 4.69) is 24.5 Å². The van der Waals surface area contributed by atoms with Gasteiger partial charge in [0.15, 0.2) is 0 Å². The summed E-state index contributed by atoms with van der Waals surface area (Å²) in [5.41, 5.74) is 3.47. The fourth-order valence-electron chi connectivity index (χ4n) is 2.84. The summed E-state index contributed by atoms with van der Waals surface area (Å²) >= 11 is 0. The number of hydrogen-bond donors (Lipinski definition) is 2. The van der Waals surface area contributed by atoms with Crippen molar-refractivity contribution in [1.82, 2.24) is 5.32 Å². The summed E-state index contributed by atoms with van der Waals surface area (Å²) in [5, 5.41) is 5.62. The molecule has 5 heteroatoms. The number of halogens is 1. The van der Waals surface area contributed by atoms with Crippen LogP contribution in [-0.4, -0.2) is 11.8 Å². The molecule has 148 valence electrons. The lowest BCUT2D eigenvalue weighted by molar-refractivity contribution is 0.0951. The fraction of sp³-hybridized carbons (Fsp3) is 0.167. The molecule has 0 fully saturated rings. The predicted molar refractivity (Wildman–Crippen MR) is 112 cm³/mol. The van der Waals surface area contributed by atoms with Crippen molar-refractivity contribution in [2.24, 2.45) is 0 Å². The van der Waals surface area contributed by atoms with Crippen LogP contribution in [0.1, 0.15) is 51.6 Å². The van der Waals surface area contributed by atoms with Gasteiger partial charge >= 0.3 is 0 Å². The second kappa shape index (κ2) is 9.15.